The quantitative estimate of drug-likeness (QED) is 0.887. The Morgan fingerprint density at radius 3 is 2.70 bits per heavy atom. The number of carbonyl (C=O) groups excluding carboxylic acids is 1. The summed E-state index contributed by atoms with van der Waals surface area (Å²) in [4.78, 5) is 17.0. The molecule has 1 aliphatic heterocycles. The summed E-state index contributed by atoms with van der Waals surface area (Å²) in [6.45, 7) is 4.19. The molecule has 1 aliphatic carbocycles. The van der Waals surface area contributed by atoms with Gasteiger partial charge < -0.3 is 15.7 Å². The Morgan fingerprint density at radius 1 is 1.22 bits per heavy atom. The lowest BCUT2D eigenvalue weighted by molar-refractivity contribution is -0.138. The highest BCUT2D eigenvalue weighted by Gasteiger charge is 2.30. The monoisotopic (exact) mass is 317 g/mol. The summed E-state index contributed by atoms with van der Waals surface area (Å²) < 4.78 is 0. The van der Waals surface area contributed by atoms with Gasteiger partial charge in [0, 0.05) is 44.7 Å². The molecule has 0 spiro atoms. The average molecular weight is 317 g/mol. The second kappa shape index (κ2) is 7.32. The molecule has 2 atom stereocenters. The van der Waals surface area contributed by atoms with E-state index in [2.05, 4.69) is 4.90 Å². The molecular weight excluding hydrogens is 290 g/mol. The number of rotatable bonds is 3. The maximum Gasteiger partial charge on any atom is 0.225 e. The fourth-order valence-corrected chi connectivity index (χ4v) is 3.75. The van der Waals surface area contributed by atoms with Gasteiger partial charge in [0.05, 0.1) is 0 Å². The number of benzene rings is 1. The Kier molecular flexibility index (Phi) is 5.18. The van der Waals surface area contributed by atoms with E-state index in [0.717, 1.165) is 64.0 Å². The molecule has 5 nitrogen and oxygen atoms in total. The summed E-state index contributed by atoms with van der Waals surface area (Å²) in [7, 11) is 0. The van der Waals surface area contributed by atoms with E-state index in [4.69, 9.17) is 5.73 Å². The van der Waals surface area contributed by atoms with Gasteiger partial charge in [0.25, 0.3) is 0 Å². The number of aromatic hydroxyl groups is 1. The van der Waals surface area contributed by atoms with Crippen LogP contribution < -0.4 is 5.73 Å². The van der Waals surface area contributed by atoms with Crippen molar-refractivity contribution in [2.24, 2.45) is 11.7 Å². The van der Waals surface area contributed by atoms with Gasteiger partial charge in [-0.15, -0.1) is 0 Å². The zero-order valence-electron chi connectivity index (χ0n) is 13.7. The standard InChI is InChI=1S/C18H27N3O2/c19-16-5-2-4-15(12-16)18(23)21-9-7-20(8-10-21)13-14-3-1-6-17(22)11-14/h1,3,6,11,15-16,22H,2,4-5,7-10,12-13,19H2. The fraction of sp³-hybridized carbons (Fsp3) is 0.611. The SMILES string of the molecule is NC1CCCC(C(=O)N2CCN(Cc3cccc(O)c3)CC2)C1. The van der Waals surface area contributed by atoms with Crippen LogP contribution in [0.15, 0.2) is 24.3 Å². The molecule has 2 unspecified atom stereocenters. The van der Waals surface area contributed by atoms with Crippen LogP contribution in [0.1, 0.15) is 31.2 Å². The molecule has 5 heteroatoms. The number of hydrogen-bond acceptors (Lipinski definition) is 4. The van der Waals surface area contributed by atoms with E-state index < -0.39 is 0 Å². The first-order chi connectivity index (χ1) is 11.1. The Labute approximate surface area is 138 Å². The second-order valence-electron chi connectivity index (χ2n) is 6.89. The van der Waals surface area contributed by atoms with E-state index >= 15 is 0 Å². The molecule has 1 saturated heterocycles. The lowest BCUT2D eigenvalue weighted by Crippen LogP contribution is -2.50. The first-order valence-corrected chi connectivity index (χ1v) is 8.66. The lowest BCUT2D eigenvalue weighted by atomic mass is 9.85. The van der Waals surface area contributed by atoms with E-state index in [0.29, 0.717) is 11.7 Å². The zero-order valence-corrected chi connectivity index (χ0v) is 13.7. The summed E-state index contributed by atoms with van der Waals surface area (Å²) in [6.07, 6.45) is 3.98. The van der Waals surface area contributed by atoms with Crippen molar-refractivity contribution in [1.29, 1.82) is 0 Å². The predicted octanol–water partition coefficient (Wildman–Crippen LogP) is 1.55. The van der Waals surface area contributed by atoms with Crippen LogP contribution >= 0.6 is 0 Å². The van der Waals surface area contributed by atoms with E-state index in [1.807, 2.05) is 17.0 Å². The Hall–Kier alpha value is -1.59. The summed E-state index contributed by atoms with van der Waals surface area (Å²) in [5.74, 6) is 0.749. The number of piperazine rings is 1. The van der Waals surface area contributed by atoms with Crippen molar-refractivity contribution in [1.82, 2.24) is 9.80 Å². The smallest absolute Gasteiger partial charge is 0.225 e. The van der Waals surface area contributed by atoms with Crippen LogP contribution in [0.2, 0.25) is 0 Å². The Morgan fingerprint density at radius 2 is 2.00 bits per heavy atom. The van der Waals surface area contributed by atoms with Crippen molar-refractivity contribution in [3.8, 4) is 5.75 Å². The van der Waals surface area contributed by atoms with Crippen molar-refractivity contribution in [2.45, 2.75) is 38.3 Å². The van der Waals surface area contributed by atoms with Gasteiger partial charge in [-0.3, -0.25) is 9.69 Å². The van der Waals surface area contributed by atoms with E-state index in [1.165, 1.54) is 0 Å². The molecular formula is C18H27N3O2. The van der Waals surface area contributed by atoms with E-state index in [-0.39, 0.29) is 12.0 Å². The first-order valence-electron chi connectivity index (χ1n) is 8.66. The molecule has 1 heterocycles. The number of amides is 1. The number of phenols is 1. The second-order valence-corrected chi connectivity index (χ2v) is 6.89. The third-order valence-electron chi connectivity index (χ3n) is 5.06. The van der Waals surface area contributed by atoms with E-state index in [1.54, 1.807) is 12.1 Å². The molecule has 1 amide bonds. The normalized spacial score (nSPS) is 26.2. The van der Waals surface area contributed by atoms with Crippen molar-refractivity contribution < 1.29 is 9.90 Å². The molecule has 3 rings (SSSR count). The van der Waals surface area contributed by atoms with Gasteiger partial charge in [-0.05, 0) is 37.0 Å². The summed E-state index contributed by atoms with van der Waals surface area (Å²) in [5, 5.41) is 9.54. The highest BCUT2D eigenvalue weighted by Crippen LogP contribution is 2.25. The van der Waals surface area contributed by atoms with Crippen molar-refractivity contribution in [2.75, 3.05) is 26.2 Å². The molecule has 2 fully saturated rings. The van der Waals surface area contributed by atoms with Crippen LogP contribution in [0.4, 0.5) is 0 Å². The molecule has 23 heavy (non-hydrogen) atoms. The largest absolute Gasteiger partial charge is 0.508 e. The molecule has 1 aromatic carbocycles. The molecule has 2 aliphatic rings. The predicted molar refractivity (Wildman–Crippen MR) is 89.9 cm³/mol. The van der Waals surface area contributed by atoms with Crippen LogP contribution in [-0.2, 0) is 11.3 Å². The Bertz CT molecular complexity index is 541. The van der Waals surface area contributed by atoms with Crippen molar-refractivity contribution >= 4 is 5.91 Å². The molecule has 3 N–H and O–H groups in total. The minimum atomic E-state index is 0.136. The number of hydrogen-bond donors (Lipinski definition) is 2. The minimum absolute atomic E-state index is 0.136. The maximum absolute atomic E-state index is 12.6. The van der Waals surface area contributed by atoms with Crippen LogP contribution in [0.5, 0.6) is 5.75 Å². The third kappa shape index (κ3) is 4.24. The van der Waals surface area contributed by atoms with Gasteiger partial charge in [0.1, 0.15) is 5.75 Å². The molecule has 0 bridgehead atoms. The van der Waals surface area contributed by atoms with Gasteiger partial charge in [-0.1, -0.05) is 18.6 Å². The molecule has 0 aromatic heterocycles. The van der Waals surface area contributed by atoms with Gasteiger partial charge >= 0.3 is 0 Å². The van der Waals surface area contributed by atoms with Gasteiger partial charge in [-0.25, -0.2) is 0 Å². The van der Waals surface area contributed by atoms with Crippen LogP contribution in [0.25, 0.3) is 0 Å². The minimum Gasteiger partial charge on any atom is -0.508 e. The average Bonchev–Trinajstić information content (AvgIpc) is 2.55. The lowest BCUT2D eigenvalue weighted by Gasteiger charge is -2.37. The van der Waals surface area contributed by atoms with Gasteiger partial charge in [-0.2, -0.15) is 0 Å². The van der Waals surface area contributed by atoms with Crippen LogP contribution in [0.3, 0.4) is 0 Å². The summed E-state index contributed by atoms with van der Waals surface area (Å²) in [5.41, 5.74) is 7.13. The third-order valence-corrected chi connectivity index (χ3v) is 5.06. The molecule has 0 radical (unpaired) electrons. The number of carbonyl (C=O) groups is 1. The maximum atomic E-state index is 12.6. The fourth-order valence-electron chi connectivity index (χ4n) is 3.75. The highest BCUT2D eigenvalue weighted by molar-refractivity contribution is 5.79. The number of phenolic OH excluding ortho intramolecular Hbond substituents is 1. The summed E-state index contributed by atoms with van der Waals surface area (Å²) >= 11 is 0. The van der Waals surface area contributed by atoms with Crippen molar-refractivity contribution in [3.63, 3.8) is 0 Å². The highest BCUT2D eigenvalue weighted by atomic mass is 16.3. The zero-order chi connectivity index (χ0) is 16.2. The topological polar surface area (TPSA) is 69.8 Å². The van der Waals surface area contributed by atoms with Crippen LogP contribution in [0, 0.1) is 5.92 Å². The number of nitrogens with zero attached hydrogens (tertiary/aromatic N) is 2. The molecule has 1 saturated carbocycles. The molecule has 126 valence electrons. The van der Waals surface area contributed by atoms with Gasteiger partial charge in [0.15, 0.2) is 0 Å². The molecule has 1 aromatic rings. The van der Waals surface area contributed by atoms with E-state index in [9.17, 15) is 9.90 Å². The summed E-state index contributed by atoms with van der Waals surface area (Å²) in [6, 6.07) is 7.60. The van der Waals surface area contributed by atoms with Crippen LogP contribution in [-0.4, -0.2) is 53.0 Å². The van der Waals surface area contributed by atoms with Crippen molar-refractivity contribution in [3.05, 3.63) is 29.8 Å². The first kappa shape index (κ1) is 16.3. The number of nitrogens with two attached hydrogens (primary N) is 1. The van der Waals surface area contributed by atoms with Gasteiger partial charge in [0.2, 0.25) is 5.91 Å². The Balaban J connectivity index is 1.49.